The standard InChI is InChI=1S/C58H38N8O2/c1-5-17-35(18-6-1)49(36-19-7-2-8-20-36)67-39-29-31-45-47(33-39)57-63-53-43-27-15-13-25-41(43)52(59-53)62-56-46-32-30-40(68-50(37-21-9-3-10-22-37)38-23-11-4-12-24-38)34-48(46)58(66-56)64-54-44-28-16-14-26-42(44)51(60-54)61-55(45)65-57/h1-34,49-50H,(H2,59,60,61,62,63,64,65,66). The van der Waals surface area contributed by atoms with Gasteiger partial charge < -0.3 is 19.4 Å². The van der Waals surface area contributed by atoms with Gasteiger partial charge in [-0.25, -0.2) is 29.9 Å². The quantitative estimate of drug-likeness (QED) is 0.154. The first-order valence-corrected chi connectivity index (χ1v) is 22.5. The van der Waals surface area contributed by atoms with E-state index in [1.807, 2.05) is 158 Å². The van der Waals surface area contributed by atoms with Gasteiger partial charge in [-0.3, -0.25) is 0 Å². The zero-order chi connectivity index (χ0) is 45.0. The number of aromatic amines is 2. The third-order valence-electron chi connectivity index (χ3n) is 12.5. The molecular formula is C58H38N8O2. The molecule has 0 amide bonds. The van der Waals surface area contributed by atoms with Crippen molar-refractivity contribution in [3.8, 4) is 57.1 Å². The van der Waals surface area contributed by atoms with Crippen LogP contribution in [0.2, 0.25) is 0 Å². The van der Waals surface area contributed by atoms with Crippen LogP contribution in [-0.4, -0.2) is 39.9 Å². The van der Waals surface area contributed by atoms with E-state index >= 15 is 0 Å². The molecule has 2 aliphatic rings. The molecule has 0 unspecified atom stereocenters. The second-order valence-electron chi connectivity index (χ2n) is 16.8. The molecule has 0 fully saturated rings. The van der Waals surface area contributed by atoms with E-state index in [9.17, 15) is 0 Å². The molecule has 322 valence electrons. The third-order valence-corrected chi connectivity index (χ3v) is 12.5. The summed E-state index contributed by atoms with van der Waals surface area (Å²) < 4.78 is 13.7. The van der Waals surface area contributed by atoms with Crippen LogP contribution in [0.5, 0.6) is 11.5 Å². The molecule has 2 N–H and O–H groups in total. The minimum Gasteiger partial charge on any atom is -0.481 e. The molecule has 0 radical (unpaired) electrons. The highest BCUT2D eigenvalue weighted by Gasteiger charge is 2.26. The van der Waals surface area contributed by atoms with E-state index in [0.29, 0.717) is 57.4 Å². The Balaban J connectivity index is 1.01. The third kappa shape index (κ3) is 6.99. The molecule has 0 saturated heterocycles. The maximum atomic E-state index is 6.87. The Labute approximate surface area is 389 Å². The van der Waals surface area contributed by atoms with Gasteiger partial charge in [0.2, 0.25) is 0 Å². The van der Waals surface area contributed by atoms with Crippen molar-refractivity contribution < 1.29 is 9.47 Å². The number of ether oxygens (including phenoxy) is 2. The molecule has 10 nitrogen and oxygen atoms in total. The normalized spacial score (nSPS) is 11.8. The van der Waals surface area contributed by atoms with Gasteiger partial charge in [-0.05, 0) is 58.7 Å². The van der Waals surface area contributed by atoms with Crippen molar-refractivity contribution >= 4 is 44.1 Å². The molecular weight excluding hydrogens is 841 g/mol. The lowest BCUT2D eigenvalue weighted by molar-refractivity contribution is 0.247. The molecule has 10 heteroatoms. The Kier molecular flexibility index (Phi) is 9.38. The smallest absolute Gasteiger partial charge is 0.164 e. The van der Waals surface area contributed by atoms with Crippen LogP contribution in [0.3, 0.4) is 0 Å². The number of fused-ring (bicyclic) bond motifs is 20. The second kappa shape index (κ2) is 16.3. The highest BCUT2D eigenvalue weighted by atomic mass is 16.5. The topological polar surface area (TPSA) is 127 Å². The predicted molar refractivity (Wildman–Crippen MR) is 267 cm³/mol. The van der Waals surface area contributed by atoms with Crippen LogP contribution in [0.15, 0.2) is 206 Å². The van der Waals surface area contributed by atoms with Gasteiger partial charge in [0.1, 0.15) is 46.3 Å². The first kappa shape index (κ1) is 39.1. The fraction of sp³-hybridized carbons (Fsp3) is 0.0345. The molecule has 0 saturated carbocycles. The Morgan fingerprint density at radius 3 is 0.868 bits per heavy atom. The zero-order valence-electron chi connectivity index (χ0n) is 36.3. The van der Waals surface area contributed by atoms with Crippen LogP contribution in [0.4, 0.5) is 0 Å². The van der Waals surface area contributed by atoms with Crippen LogP contribution < -0.4 is 9.47 Å². The summed E-state index contributed by atoms with van der Waals surface area (Å²) in [6.07, 6.45) is -0.691. The number of benzene rings is 8. The van der Waals surface area contributed by atoms with Gasteiger partial charge in [-0.1, -0.05) is 170 Å². The van der Waals surface area contributed by atoms with Gasteiger partial charge in [0.15, 0.2) is 23.3 Å². The van der Waals surface area contributed by atoms with E-state index in [1.165, 1.54) is 0 Å². The largest absolute Gasteiger partial charge is 0.481 e. The van der Waals surface area contributed by atoms with E-state index in [2.05, 4.69) is 58.5 Å². The average Bonchev–Trinajstić information content (AvgIpc) is 4.14. The summed E-state index contributed by atoms with van der Waals surface area (Å²) in [5.41, 5.74) is 9.80. The molecule has 8 bridgehead atoms. The Morgan fingerprint density at radius 1 is 0.279 bits per heavy atom. The van der Waals surface area contributed by atoms with E-state index in [4.69, 9.17) is 39.4 Å². The maximum Gasteiger partial charge on any atom is 0.164 e. The van der Waals surface area contributed by atoms with E-state index in [0.717, 1.165) is 66.1 Å². The van der Waals surface area contributed by atoms with Crippen LogP contribution in [0.25, 0.3) is 89.7 Å². The Morgan fingerprint density at radius 2 is 0.559 bits per heavy atom. The molecule has 5 heterocycles. The molecule has 13 rings (SSSR count). The summed E-state index contributed by atoms with van der Waals surface area (Å²) in [6.45, 7) is 0. The van der Waals surface area contributed by atoms with Crippen LogP contribution in [0.1, 0.15) is 34.5 Å². The minimum absolute atomic E-state index is 0.346. The molecule has 8 aromatic carbocycles. The highest BCUT2D eigenvalue weighted by molar-refractivity contribution is 6.06. The molecule has 3 aromatic heterocycles. The lowest BCUT2D eigenvalue weighted by Gasteiger charge is -2.20. The monoisotopic (exact) mass is 878 g/mol. The van der Waals surface area contributed by atoms with E-state index in [-0.39, 0.29) is 12.2 Å². The number of nitrogens with zero attached hydrogens (tertiary/aromatic N) is 6. The number of hydrogen-bond acceptors (Lipinski definition) is 8. The average molecular weight is 879 g/mol. The molecule has 11 aromatic rings. The predicted octanol–water partition coefficient (Wildman–Crippen LogP) is 13.2. The lowest BCUT2D eigenvalue weighted by atomic mass is 10.0. The van der Waals surface area contributed by atoms with Crippen LogP contribution in [-0.2, 0) is 0 Å². The van der Waals surface area contributed by atoms with E-state index < -0.39 is 0 Å². The van der Waals surface area contributed by atoms with Gasteiger partial charge >= 0.3 is 0 Å². The van der Waals surface area contributed by atoms with Crippen molar-refractivity contribution in [1.29, 1.82) is 0 Å². The molecule has 0 atom stereocenters. The molecule has 0 spiro atoms. The number of rotatable bonds is 8. The fourth-order valence-electron chi connectivity index (χ4n) is 9.24. The zero-order valence-corrected chi connectivity index (χ0v) is 36.3. The van der Waals surface area contributed by atoms with Crippen molar-refractivity contribution in [2.24, 2.45) is 0 Å². The van der Waals surface area contributed by atoms with Crippen LogP contribution in [0, 0.1) is 0 Å². The molecule has 2 aliphatic heterocycles. The van der Waals surface area contributed by atoms with Crippen molar-refractivity contribution in [2.45, 2.75) is 12.2 Å². The first-order chi connectivity index (χ1) is 33.7. The summed E-state index contributed by atoms with van der Waals surface area (Å²) in [6, 6.07) is 69.2. The highest BCUT2D eigenvalue weighted by Crippen LogP contribution is 2.41. The van der Waals surface area contributed by atoms with Gasteiger partial charge in [0.05, 0.1) is 0 Å². The number of aromatic nitrogens is 8. The summed E-state index contributed by atoms with van der Waals surface area (Å²) in [5.74, 6) is 3.33. The summed E-state index contributed by atoms with van der Waals surface area (Å²) in [5, 5.41) is 3.54. The summed E-state index contributed by atoms with van der Waals surface area (Å²) >= 11 is 0. The van der Waals surface area contributed by atoms with Gasteiger partial charge in [-0.2, -0.15) is 0 Å². The number of nitrogens with one attached hydrogen (secondary N) is 2. The Bertz CT molecular complexity index is 3540. The fourth-order valence-corrected chi connectivity index (χ4v) is 9.24. The van der Waals surface area contributed by atoms with Crippen molar-refractivity contribution in [3.05, 3.63) is 229 Å². The second-order valence-corrected chi connectivity index (χ2v) is 16.8. The molecule has 68 heavy (non-hydrogen) atoms. The van der Waals surface area contributed by atoms with Crippen molar-refractivity contribution in [1.82, 2.24) is 39.9 Å². The van der Waals surface area contributed by atoms with E-state index in [1.54, 1.807) is 0 Å². The maximum absolute atomic E-state index is 6.87. The van der Waals surface area contributed by atoms with Crippen molar-refractivity contribution in [3.63, 3.8) is 0 Å². The van der Waals surface area contributed by atoms with Gasteiger partial charge in [0, 0.05) is 43.8 Å². The lowest BCUT2D eigenvalue weighted by Crippen LogP contribution is -2.09. The minimum atomic E-state index is -0.346. The SMILES string of the molecule is c1ccc(C(Oc2ccc3c(c2)-c2nc-3nc3[nH]c(nc4nc(nc5[nH]c(n2)c2ccccc52)-c2ccc(OC(c5ccccc5)c5ccccc5)cc2-4)c2ccccc32)c2ccccc2)cc1. The number of hydrogen-bond donors (Lipinski definition) is 2. The van der Waals surface area contributed by atoms with Crippen molar-refractivity contribution in [2.75, 3.05) is 0 Å². The number of H-pyrrole nitrogens is 2. The Hall–Kier alpha value is -9.28. The van der Waals surface area contributed by atoms with Gasteiger partial charge in [0.25, 0.3) is 0 Å². The molecule has 0 aliphatic carbocycles. The first-order valence-electron chi connectivity index (χ1n) is 22.5. The van der Waals surface area contributed by atoms with Crippen LogP contribution >= 0.6 is 0 Å². The van der Waals surface area contributed by atoms with Gasteiger partial charge in [-0.15, -0.1) is 0 Å². The summed E-state index contributed by atoms with van der Waals surface area (Å²) in [4.78, 5) is 38.4. The summed E-state index contributed by atoms with van der Waals surface area (Å²) in [7, 11) is 0.